The summed E-state index contributed by atoms with van der Waals surface area (Å²) >= 11 is 0. The molecule has 1 unspecified atom stereocenters. The van der Waals surface area contributed by atoms with Gasteiger partial charge in [0.1, 0.15) is 0 Å². The number of nitrogens with one attached hydrogen (secondary N) is 1. The van der Waals surface area contributed by atoms with E-state index < -0.39 is 0 Å². The fourth-order valence-electron chi connectivity index (χ4n) is 2.67. The molecule has 1 rings (SSSR count). The van der Waals surface area contributed by atoms with Crippen molar-refractivity contribution in [1.29, 1.82) is 0 Å². The summed E-state index contributed by atoms with van der Waals surface area (Å²) in [7, 11) is 0. The van der Waals surface area contributed by atoms with E-state index in [4.69, 9.17) is 0 Å². The first-order valence-electron chi connectivity index (χ1n) is 7.05. The second kappa shape index (κ2) is 6.61. The van der Waals surface area contributed by atoms with Crippen molar-refractivity contribution in [2.45, 2.75) is 59.5 Å². The van der Waals surface area contributed by atoms with Gasteiger partial charge in [0, 0.05) is 18.6 Å². The minimum atomic E-state index is 0.637. The number of rotatable bonds is 7. The number of nitrogens with zero attached hydrogens (tertiary/aromatic N) is 1. The van der Waals surface area contributed by atoms with Crippen molar-refractivity contribution in [3.8, 4) is 0 Å². The first kappa shape index (κ1) is 14.0. The summed E-state index contributed by atoms with van der Waals surface area (Å²) in [4.78, 5) is 2.50. The van der Waals surface area contributed by atoms with Crippen molar-refractivity contribution >= 4 is 0 Å². The summed E-state index contributed by atoms with van der Waals surface area (Å²) in [6, 6.07) is 1.43. The molecule has 0 aromatic heterocycles. The summed E-state index contributed by atoms with van der Waals surface area (Å²) in [6.07, 6.45) is 2.78. The smallest absolute Gasteiger partial charge is 0.0169 e. The van der Waals surface area contributed by atoms with Crippen molar-refractivity contribution in [2.24, 2.45) is 11.8 Å². The molecule has 0 spiro atoms. The zero-order chi connectivity index (χ0) is 12.1. The van der Waals surface area contributed by atoms with E-state index in [0.717, 1.165) is 17.9 Å². The lowest BCUT2D eigenvalue weighted by molar-refractivity contribution is 0.148. The van der Waals surface area contributed by atoms with Crippen LogP contribution in [0.25, 0.3) is 0 Å². The van der Waals surface area contributed by atoms with Crippen molar-refractivity contribution in [3.05, 3.63) is 0 Å². The average Bonchev–Trinajstić information content (AvgIpc) is 2.18. The van der Waals surface area contributed by atoms with Gasteiger partial charge in [-0.2, -0.15) is 0 Å². The van der Waals surface area contributed by atoms with Crippen LogP contribution in [0.1, 0.15) is 47.5 Å². The van der Waals surface area contributed by atoms with Gasteiger partial charge in [0.2, 0.25) is 0 Å². The molecule has 2 heteroatoms. The maximum atomic E-state index is 3.76. The Bertz CT molecular complexity index is 181. The molecule has 1 N–H and O–H groups in total. The second-order valence-corrected chi connectivity index (χ2v) is 5.73. The van der Waals surface area contributed by atoms with Crippen molar-refractivity contribution < 1.29 is 0 Å². The van der Waals surface area contributed by atoms with Gasteiger partial charge < -0.3 is 10.2 Å². The van der Waals surface area contributed by atoms with Gasteiger partial charge in [0.15, 0.2) is 0 Å². The van der Waals surface area contributed by atoms with Crippen molar-refractivity contribution in [2.75, 3.05) is 19.6 Å². The third kappa shape index (κ3) is 4.06. The van der Waals surface area contributed by atoms with Crippen LogP contribution < -0.4 is 5.32 Å². The van der Waals surface area contributed by atoms with Gasteiger partial charge in [-0.05, 0) is 44.7 Å². The van der Waals surface area contributed by atoms with Crippen LogP contribution in [0.2, 0.25) is 0 Å². The van der Waals surface area contributed by atoms with Crippen LogP contribution in [-0.4, -0.2) is 36.6 Å². The van der Waals surface area contributed by atoms with E-state index in [1.807, 2.05) is 0 Å². The minimum absolute atomic E-state index is 0.637. The molecule has 1 saturated carbocycles. The molecule has 1 atom stereocenters. The fourth-order valence-corrected chi connectivity index (χ4v) is 2.67. The topological polar surface area (TPSA) is 15.3 Å². The molecular formula is C14H30N2. The summed E-state index contributed by atoms with van der Waals surface area (Å²) in [5.74, 6) is 1.84. The first-order valence-corrected chi connectivity index (χ1v) is 7.05. The lowest BCUT2D eigenvalue weighted by Gasteiger charge is -2.40. The molecule has 0 saturated heterocycles. The van der Waals surface area contributed by atoms with Crippen LogP contribution in [-0.2, 0) is 0 Å². The highest BCUT2D eigenvalue weighted by atomic mass is 15.1. The highest BCUT2D eigenvalue weighted by Crippen LogP contribution is 2.33. The zero-order valence-corrected chi connectivity index (χ0v) is 11.8. The van der Waals surface area contributed by atoms with Crippen LogP contribution >= 0.6 is 0 Å². The molecule has 2 nitrogen and oxygen atoms in total. The molecule has 0 bridgehead atoms. The molecule has 0 aromatic carbocycles. The van der Waals surface area contributed by atoms with E-state index in [1.54, 1.807) is 0 Å². The molecule has 0 aromatic rings. The van der Waals surface area contributed by atoms with Crippen molar-refractivity contribution in [1.82, 2.24) is 10.2 Å². The Morgan fingerprint density at radius 3 is 2.12 bits per heavy atom. The largest absolute Gasteiger partial charge is 0.310 e. The number of likely N-dealkylation sites (N-methyl/N-ethyl adjacent to an activating group) is 1. The maximum absolute atomic E-state index is 3.76. The highest BCUT2D eigenvalue weighted by molar-refractivity contribution is 4.88. The quantitative estimate of drug-likeness (QED) is 0.718. The molecule has 1 aliphatic rings. The molecule has 1 aliphatic carbocycles. The van der Waals surface area contributed by atoms with Gasteiger partial charge in [0.25, 0.3) is 0 Å². The Balaban J connectivity index is 2.14. The molecular weight excluding hydrogens is 196 g/mol. The van der Waals surface area contributed by atoms with Gasteiger partial charge >= 0.3 is 0 Å². The Morgan fingerprint density at radius 2 is 1.69 bits per heavy atom. The molecule has 0 heterocycles. The Kier molecular flexibility index (Phi) is 5.77. The third-order valence-electron chi connectivity index (χ3n) is 4.06. The second-order valence-electron chi connectivity index (χ2n) is 5.73. The summed E-state index contributed by atoms with van der Waals surface area (Å²) < 4.78 is 0. The van der Waals surface area contributed by atoms with E-state index in [2.05, 4.69) is 44.8 Å². The summed E-state index contributed by atoms with van der Waals surface area (Å²) in [5, 5.41) is 3.76. The van der Waals surface area contributed by atoms with Crippen LogP contribution in [0.4, 0.5) is 0 Å². The standard InChI is InChI=1S/C14H30N2/c1-6-16(7-2)10-12(5)15-14-8-13(9-14)11(3)4/h11-15H,6-10H2,1-5H3. The van der Waals surface area contributed by atoms with Gasteiger partial charge in [-0.1, -0.05) is 27.7 Å². The van der Waals surface area contributed by atoms with Gasteiger partial charge in [-0.25, -0.2) is 0 Å². The van der Waals surface area contributed by atoms with Crippen LogP contribution in [0.15, 0.2) is 0 Å². The van der Waals surface area contributed by atoms with Crippen LogP contribution in [0, 0.1) is 11.8 Å². The fraction of sp³-hybridized carbons (Fsp3) is 1.00. The summed E-state index contributed by atoms with van der Waals surface area (Å²) in [5.41, 5.74) is 0. The normalized spacial score (nSPS) is 27.2. The van der Waals surface area contributed by atoms with E-state index in [0.29, 0.717) is 6.04 Å². The predicted octanol–water partition coefficient (Wildman–Crippen LogP) is 2.74. The average molecular weight is 226 g/mol. The number of hydrogen-bond acceptors (Lipinski definition) is 2. The molecule has 0 amide bonds. The lowest BCUT2D eigenvalue weighted by atomic mass is 9.73. The minimum Gasteiger partial charge on any atom is -0.310 e. The third-order valence-corrected chi connectivity index (χ3v) is 4.06. The summed E-state index contributed by atoms with van der Waals surface area (Å²) in [6.45, 7) is 15.0. The maximum Gasteiger partial charge on any atom is 0.0169 e. The molecule has 1 fully saturated rings. The van der Waals surface area contributed by atoms with E-state index in [1.165, 1.54) is 32.5 Å². The van der Waals surface area contributed by atoms with Gasteiger partial charge in [-0.15, -0.1) is 0 Å². The molecule has 0 aliphatic heterocycles. The monoisotopic (exact) mass is 226 g/mol. The predicted molar refractivity (Wildman–Crippen MR) is 71.7 cm³/mol. The Morgan fingerprint density at radius 1 is 1.12 bits per heavy atom. The first-order chi connectivity index (χ1) is 7.56. The highest BCUT2D eigenvalue weighted by Gasteiger charge is 2.31. The van der Waals surface area contributed by atoms with Crippen molar-refractivity contribution in [3.63, 3.8) is 0 Å². The SMILES string of the molecule is CCN(CC)CC(C)NC1CC(C(C)C)C1. The van der Waals surface area contributed by atoms with Gasteiger partial charge in [0.05, 0.1) is 0 Å². The number of hydrogen-bond donors (Lipinski definition) is 1. The van der Waals surface area contributed by atoms with Crippen LogP contribution in [0.3, 0.4) is 0 Å². The Labute approximate surface area is 102 Å². The van der Waals surface area contributed by atoms with E-state index in [-0.39, 0.29) is 0 Å². The molecule has 0 radical (unpaired) electrons. The molecule has 16 heavy (non-hydrogen) atoms. The zero-order valence-electron chi connectivity index (χ0n) is 11.8. The Hall–Kier alpha value is -0.0800. The van der Waals surface area contributed by atoms with Crippen LogP contribution in [0.5, 0.6) is 0 Å². The lowest BCUT2D eigenvalue weighted by Crippen LogP contribution is -2.50. The molecule has 96 valence electrons. The van der Waals surface area contributed by atoms with E-state index >= 15 is 0 Å². The van der Waals surface area contributed by atoms with Gasteiger partial charge in [-0.3, -0.25) is 0 Å². The van der Waals surface area contributed by atoms with E-state index in [9.17, 15) is 0 Å².